The van der Waals surface area contributed by atoms with Crippen molar-refractivity contribution in [3.63, 3.8) is 0 Å². The van der Waals surface area contributed by atoms with E-state index in [4.69, 9.17) is 0 Å². The fraction of sp³-hybridized carbons (Fsp3) is 0.684. The molecule has 2 aromatic heterocycles. The van der Waals surface area contributed by atoms with Crippen LogP contribution in [0.25, 0.3) is 0 Å². The van der Waals surface area contributed by atoms with Gasteiger partial charge in [-0.1, -0.05) is 0 Å². The first kappa shape index (κ1) is 18.2. The Morgan fingerprint density at radius 3 is 2.59 bits per heavy atom. The Bertz CT molecular complexity index is 740. The zero-order chi connectivity index (χ0) is 18.6. The highest BCUT2D eigenvalue weighted by atomic mass is 16.2. The van der Waals surface area contributed by atoms with Gasteiger partial charge in [-0.25, -0.2) is 4.98 Å². The Morgan fingerprint density at radius 1 is 1.15 bits per heavy atom. The molecule has 27 heavy (non-hydrogen) atoms. The number of rotatable bonds is 6. The number of hydrogen-bond acceptors (Lipinski definition) is 5. The van der Waals surface area contributed by atoms with E-state index in [9.17, 15) is 4.79 Å². The molecule has 4 heterocycles. The van der Waals surface area contributed by atoms with Crippen LogP contribution in [0.15, 0.2) is 18.7 Å². The van der Waals surface area contributed by atoms with Gasteiger partial charge in [0.05, 0.1) is 12.9 Å². The lowest BCUT2D eigenvalue weighted by molar-refractivity contribution is -0.132. The van der Waals surface area contributed by atoms with Gasteiger partial charge in [0.2, 0.25) is 5.91 Å². The van der Waals surface area contributed by atoms with Crippen molar-refractivity contribution in [1.82, 2.24) is 34.1 Å². The van der Waals surface area contributed by atoms with E-state index in [1.165, 1.54) is 25.9 Å². The van der Waals surface area contributed by atoms with Crippen molar-refractivity contribution in [2.24, 2.45) is 0 Å². The summed E-state index contributed by atoms with van der Waals surface area (Å²) >= 11 is 0. The van der Waals surface area contributed by atoms with E-state index in [1.807, 2.05) is 15.7 Å². The zero-order valence-electron chi connectivity index (χ0n) is 16.1. The molecular formula is C19H29N7O. The Kier molecular flexibility index (Phi) is 5.52. The highest BCUT2D eigenvalue weighted by Crippen LogP contribution is 2.28. The highest BCUT2D eigenvalue weighted by Gasteiger charge is 2.28. The summed E-state index contributed by atoms with van der Waals surface area (Å²) in [6.07, 6.45) is 9.72. The number of nitrogens with zero attached hydrogens (tertiary/aromatic N) is 7. The number of hydrogen-bond donors (Lipinski definition) is 0. The standard InChI is InChI=1S/C19H29N7O/c1-2-26-17(13-23-8-3-4-9-23)21-22-19(26)16-5-10-25(11-6-16)18(27)14-24-12-7-20-15-24/h7,12,15-16H,2-6,8-11,13-14H2,1H3. The molecule has 8 nitrogen and oxygen atoms in total. The first-order valence-electron chi connectivity index (χ1n) is 10.1. The first-order valence-corrected chi connectivity index (χ1v) is 10.1. The fourth-order valence-corrected chi connectivity index (χ4v) is 4.28. The lowest BCUT2D eigenvalue weighted by atomic mass is 9.95. The number of likely N-dealkylation sites (tertiary alicyclic amines) is 2. The second-order valence-corrected chi connectivity index (χ2v) is 7.59. The summed E-state index contributed by atoms with van der Waals surface area (Å²) in [5.74, 6) is 2.75. The maximum absolute atomic E-state index is 12.5. The van der Waals surface area contributed by atoms with Gasteiger partial charge in [0.1, 0.15) is 18.2 Å². The van der Waals surface area contributed by atoms with Crippen molar-refractivity contribution in [2.75, 3.05) is 26.2 Å². The maximum Gasteiger partial charge on any atom is 0.242 e. The Balaban J connectivity index is 1.36. The lowest BCUT2D eigenvalue weighted by Crippen LogP contribution is -2.40. The van der Waals surface area contributed by atoms with E-state index in [-0.39, 0.29) is 5.91 Å². The van der Waals surface area contributed by atoms with Gasteiger partial charge >= 0.3 is 0 Å². The number of aromatic nitrogens is 5. The molecule has 1 amide bonds. The number of carbonyl (C=O) groups is 1. The monoisotopic (exact) mass is 371 g/mol. The van der Waals surface area contributed by atoms with Gasteiger partial charge in [0, 0.05) is 37.9 Å². The molecule has 0 aliphatic carbocycles. The molecule has 0 N–H and O–H groups in total. The molecule has 0 saturated carbocycles. The normalized spacial score (nSPS) is 19.1. The number of amides is 1. The second-order valence-electron chi connectivity index (χ2n) is 7.59. The molecule has 2 saturated heterocycles. The smallest absolute Gasteiger partial charge is 0.242 e. The number of imidazole rings is 1. The maximum atomic E-state index is 12.5. The van der Waals surface area contributed by atoms with Crippen molar-refractivity contribution in [3.8, 4) is 0 Å². The van der Waals surface area contributed by atoms with E-state index in [0.29, 0.717) is 12.5 Å². The van der Waals surface area contributed by atoms with Crippen molar-refractivity contribution in [1.29, 1.82) is 0 Å². The molecular weight excluding hydrogens is 342 g/mol. The minimum absolute atomic E-state index is 0.165. The molecule has 4 rings (SSSR count). The van der Waals surface area contributed by atoms with Gasteiger partial charge in [-0.15, -0.1) is 10.2 Å². The van der Waals surface area contributed by atoms with Gasteiger partial charge in [-0.05, 0) is 45.7 Å². The molecule has 8 heteroatoms. The zero-order valence-corrected chi connectivity index (χ0v) is 16.1. The Labute approximate surface area is 160 Å². The van der Waals surface area contributed by atoms with Crippen LogP contribution < -0.4 is 0 Å². The Hall–Kier alpha value is -2.22. The van der Waals surface area contributed by atoms with Gasteiger partial charge in [0.15, 0.2) is 0 Å². The van der Waals surface area contributed by atoms with Crippen LogP contribution in [0.3, 0.4) is 0 Å². The van der Waals surface area contributed by atoms with E-state index in [0.717, 1.165) is 50.7 Å². The van der Waals surface area contributed by atoms with Crippen molar-refractivity contribution in [3.05, 3.63) is 30.4 Å². The third-order valence-corrected chi connectivity index (χ3v) is 5.83. The largest absolute Gasteiger partial charge is 0.341 e. The molecule has 2 aromatic rings. The average Bonchev–Trinajstić information content (AvgIpc) is 3.44. The van der Waals surface area contributed by atoms with E-state index in [1.54, 1.807) is 12.5 Å². The molecule has 2 aliphatic rings. The average molecular weight is 371 g/mol. The van der Waals surface area contributed by atoms with Crippen LogP contribution in [0.1, 0.15) is 50.2 Å². The summed E-state index contributed by atoms with van der Waals surface area (Å²) in [5.41, 5.74) is 0. The predicted molar refractivity (Wildman–Crippen MR) is 101 cm³/mol. The SMILES string of the molecule is CCn1c(CN2CCCC2)nnc1C1CCN(C(=O)Cn2ccnc2)CC1. The highest BCUT2D eigenvalue weighted by molar-refractivity contribution is 5.76. The third-order valence-electron chi connectivity index (χ3n) is 5.83. The van der Waals surface area contributed by atoms with Crippen LogP contribution in [0.4, 0.5) is 0 Å². The number of piperidine rings is 1. The summed E-state index contributed by atoms with van der Waals surface area (Å²) in [7, 11) is 0. The summed E-state index contributed by atoms with van der Waals surface area (Å²) in [6.45, 7) is 8.27. The fourth-order valence-electron chi connectivity index (χ4n) is 4.28. The number of carbonyl (C=O) groups excluding carboxylic acids is 1. The summed E-state index contributed by atoms with van der Waals surface area (Å²) < 4.78 is 4.12. The van der Waals surface area contributed by atoms with Crippen LogP contribution in [0.2, 0.25) is 0 Å². The van der Waals surface area contributed by atoms with Gasteiger partial charge in [-0.3, -0.25) is 9.69 Å². The van der Waals surface area contributed by atoms with Crippen LogP contribution in [-0.4, -0.2) is 66.2 Å². The van der Waals surface area contributed by atoms with E-state index in [2.05, 4.69) is 31.6 Å². The first-order chi connectivity index (χ1) is 13.2. The topological polar surface area (TPSA) is 72.1 Å². The van der Waals surface area contributed by atoms with Crippen LogP contribution >= 0.6 is 0 Å². The molecule has 0 bridgehead atoms. The van der Waals surface area contributed by atoms with Gasteiger partial charge in [0.25, 0.3) is 0 Å². The minimum atomic E-state index is 0.165. The molecule has 146 valence electrons. The van der Waals surface area contributed by atoms with E-state index < -0.39 is 0 Å². The molecule has 0 spiro atoms. The second kappa shape index (κ2) is 8.21. The van der Waals surface area contributed by atoms with Gasteiger partial charge < -0.3 is 14.0 Å². The molecule has 2 fully saturated rings. The predicted octanol–water partition coefficient (Wildman–Crippen LogP) is 1.50. The Morgan fingerprint density at radius 2 is 1.93 bits per heavy atom. The van der Waals surface area contributed by atoms with Crippen LogP contribution in [0.5, 0.6) is 0 Å². The molecule has 0 atom stereocenters. The van der Waals surface area contributed by atoms with Crippen LogP contribution in [0, 0.1) is 0 Å². The summed E-state index contributed by atoms with van der Waals surface area (Å²) in [6, 6.07) is 0. The molecule has 0 unspecified atom stereocenters. The lowest BCUT2D eigenvalue weighted by Gasteiger charge is -2.32. The molecule has 2 aliphatic heterocycles. The van der Waals surface area contributed by atoms with Crippen molar-refractivity contribution < 1.29 is 4.79 Å². The third kappa shape index (κ3) is 4.05. The van der Waals surface area contributed by atoms with Crippen molar-refractivity contribution >= 4 is 5.91 Å². The van der Waals surface area contributed by atoms with Crippen molar-refractivity contribution in [2.45, 2.75) is 58.2 Å². The quantitative estimate of drug-likeness (QED) is 0.769. The summed E-state index contributed by atoms with van der Waals surface area (Å²) in [4.78, 5) is 20.9. The summed E-state index contributed by atoms with van der Waals surface area (Å²) in [5, 5.41) is 9.06. The molecule has 0 aromatic carbocycles. The van der Waals surface area contributed by atoms with Crippen LogP contribution in [-0.2, 0) is 24.4 Å². The minimum Gasteiger partial charge on any atom is -0.341 e. The van der Waals surface area contributed by atoms with Gasteiger partial charge in [-0.2, -0.15) is 0 Å². The molecule has 0 radical (unpaired) electrons. The van der Waals surface area contributed by atoms with E-state index >= 15 is 0 Å².